The summed E-state index contributed by atoms with van der Waals surface area (Å²) in [7, 11) is -2.73. The number of allylic oxidation sites excluding steroid dienone is 3. The Kier molecular flexibility index (Phi) is 21.5. The average Bonchev–Trinajstić information content (AvgIpc) is 3.26. The minimum absolute atomic E-state index is 0.0438. The summed E-state index contributed by atoms with van der Waals surface area (Å²) in [6, 6.07) is 2.80. The SMILES string of the molecule is C=C(C)[C@@H]1CCC(C)=C[C@H]1c1c(CC(C)(C)[Si](C)(C)O)cc(CCCCC)cc1OC(=O)OCC1OC(OC(C)(C)CCC)C(NC(C)=O)C(OC2OC(C(=O)O)C(OC(C)(CC)CC)C(O)C2O)C1O. The molecule has 404 valence electrons. The van der Waals surface area contributed by atoms with E-state index < -0.39 is 111 Å². The molecule has 17 heteroatoms. The van der Waals surface area contributed by atoms with Crippen molar-refractivity contribution in [3.8, 4) is 5.75 Å². The van der Waals surface area contributed by atoms with Gasteiger partial charge in [0.2, 0.25) is 5.91 Å². The Hall–Kier alpha value is -3.23. The van der Waals surface area contributed by atoms with Gasteiger partial charge in [0.1, 0.15) is 55.0 Å². The summed E-state index contributed by atoms with van der Waals surface area (Å²) in [5.74, 6) is -1.87. The highest BCUT2D eigenvalue weighted by molar-refractivity contribution is 6.72. The first-order valence-corrected chi connectivity index (χ1v) is 28.9. The van der Waals surface area contributed by atoms with E-state index in [-0.39, 0.29) is 11.8 Å². The number of benzene rings is 1. The second-order valence-electron chi connectivity index (χ2n) is 22.4. The predicted octanol–water partition coefficient (Wildman–Crippen LogP) is 8.54. The lowest BCUT2D eigenvalue weighted by molar-refractivity contribution is -0.353. The maximum atomic E-state index is 14.2. The number of carboxylic acids is 1. The van der Waals surface area contributed by atoms with Gasteiger partial charge < -0.3 is 63.7 Å². The lowest BCUT2D eigenvalue weighted by atomic mass is 9.72. The monoisotopic (exact) mass is 1020 g/mol. The molecule has 1 aliphatic carbocycles. The molecule has 12 atom stereocenters. The second kappa shape index (κ2) is 25.3. The highest BCUT2D eigenvalue weighted by Crippen LogP contribution is 2.48. The largest absolute Gasteiger partial charge is 0.513 e. The van der Waals surface area contributed by atoms with E-state index in [0.717, 1.165) is 60.8 Å². The molecule has 6 N–H and O–H groups in total. The van der Waals surface area contributed by atoms with Gasteiger partial charge in [-0.2, -0.15) is 0 Å². The molecule has 1 aromatic carbocycles. The summed E-state index contributed by atoms with van der Waals surface area (Å²) >= 11 is 0. The van der Waals surface area contributed by atoms with Crippen LogP contribution < -0.4 is 10.1 Å². The third-order valence-corrected chi connectivity index (χ3v) is 18.7. The second-order valence-corrected chi connectivity index (χ2v) is 26.9. The molecule has 0 saturated carbocycles. The van der Waals surface area contributed by atoms with Crippen molar-refractivity contribution in [2.45, 2.75) is 250 Å². The highest BCUT2D eigenvalue weighted by atomic mass is 28.4. The molecule has 2 fully saturated rings. The van der Waals surface area contributed by atoms with Gasteiger partial charge in [-0.05, 0) is 127 Å². The quantitative estimate of drug-likeness (QED) is 0.0187. The van der Waals surface area contributed by atoms with Crippen molar-refractivity contribution in [3.05, 3.63) is 52.6 Å². The van der Waals surface area contributed by atoms with Crippen LogP contribution in [0, 0.1) is 5.92 Å². The van der Waals surface area contributed by atoms with E-state index in [1.165, 1.54) is 12.5 Å². The fraction of sp³-hybridized carbons (Fsp3) is 0.759. The van der Waals surface area contributed by atoms with E-state index >= 15 is 0 Å². The summed E-state index contributed by atoms with van der Waals surface area (Å²) in [4.78, 5) is 51.3. The Bertz CT molecular complexity index is 1990. The maximum Gasteiger partial charge on any atom is 0.513 e. The first-order chi connectivity index (χ1) is 33.0. The number of hydrogen-bond acceptors (Lipinski definition) is 14. The molecule has 2 heterocycles. The molecule has 0 bridgehead atoms. The fourth-order valence-corrected chi connectivity index (χ4v) is 10.4. The molecule has 10 unspecified atom stereocenters. The minimum atomic E-state index is -2.73. The van der Waals surface area contributed by atoms with E-state index in [0.29, 0.717) is 37.9 Å². The van der Waals surface area contributed by atoms with Gasteiger partial charge in [0.25, 0.3) is 0 Å². The summed E-state index contributed by atoms with van der Waals surface area (Å²) in [5, 5.41) is 47.7. The van der Waals surface area contributed by atoms with E-state index in [1.807, 2.05) is 60.7 Å². The van der Waals surface area contributed by atoms with Crippen LogP contribution in [-0.4, -0.2) is 131 Å². The summed E-state index contributed by atoms with van der Waals surface area (Å²) in [6.45, 7) is 30.4. The van der Waals surface area contributed by atoms with Crippen LogP contribution in [-0.2, 0) is 50.9 Å². The van der Waals surface area contributed by atoms with E-state index in [2.05, 4.69) is 51.7 Å². The number of carbonyl (C=O) groups excluding carboxylic acids is 2. The number of hydrogen-bond donors (Lipinski definition) is 6. The van der Waals surface area contributed by atoms with Crippen LogP contribution in [0.15, 0.2) is 35.9 Å². The lowest BCUT2D eigenvalue weighted by Crippen LogP contribution is -2.69. The fourth-order valence-electron chi connectivity index (χ4n) is 9.81. The molecule has 71 heavy (non-hydrogen) atoms. The predicted molar refractivity (Wildman–Crippen MR) is 273 cm³/mol. The van der Waals surface area contributed by atoms with Crippen LogP contribution in [0.4, 0.5) is 4.79 Å². The number of aryl methyl sites for hydroxylation is 1. The van der Waals surface area contributed by atoms with Crippen LogP contribution >= 0.6 is 0 Å². The van der Waals surface area contributed by atoms with Crippen molar-refractivity contribution >= 4 is 26.3 Å². The zero-order chi connectivity index (χ0) is 53.4. The zero-order valence-corrected chi connectivity index (χ0v) is 46.2. The number of nitrogens with one attached hydrogen (secondary N) is 1. The molecular formula is C54H89NO15Si. The number of aliphatic carboxylic acids is 1. The molecule has 2 aliphatic heterocycles. The van der Waals surface area contributed by atoms with Gasteiger partial charge in [0.05, 0.1) is 11.2 Å². The molecule has 1 aromatic rings. The zero-order valence-electron chi connectivity index (χ0n) is 45.2. The first-order valence-electron chi connectivity index (χ1n) is 25.9. The van der Waals surface area contributed by atoms with Gasteiger partial charge in [-0.25, -0.2) is 9.59 Å². The van der Waals surface area contributed by atoms with Crippen LogP contribution in [0.2, 0.25) is 18.1 Å². The molecule has 0 radical (unpaired) electrons. The van der Waals surface area contributed by atoms with E-state index in [1.54, 1.807) is 6.92 Å². The van der Waals surface area contributed by atoms with Crippen LogP contribution in [0.5, 0.6) is 5.75 Å². The molecule has 1 amide bonds. The van der Waals surface area contributed by atoms with Crippen LogP contribution in [0.1, 0.15) is 163 Å². The normalized spacial score (nSPS) is 28.7. The van der Waals surface area contributed by atoms with Gasteiger partial charge in [0, 0.05) is 18.4 Å². The molecule has 16 nitrogen and oxygen atoms in total. The topological polar surface area (TPSA) is 229 Å². The molecule has 2 saturated heterocycles. The number of unbranched alkanes of at least 4 members (excludes halogenated alkanes) is 2. The average molecular weight is 1020 g/mol. The Morgan fingerprint density at radius 2 is 1.55 bits per heavy atom. The summed E-state index contributed by atoms with van der Waals surface area (Å²) in [5.41, 5.74) is 3.26. The molecule has 4 rings (SSSR count). The Morgan fingerprint density at radius 3 is 2.11 bits per heavy atom. The molecular weight excluding hydrogens is 931 g/mol. The third kappa shape index (κ3) is 15.7. The maximum absolute atomic E-state index is 14.2. The van der Waals surface area contributed by atoms with Gasteiger partial charge in [0.15, 0.2) is 27.0 Å². The van der Waals surface area contributed by atoms with Crippen molar-refractivity contribution in [2.24, 2.45) is 5.92 Å². The van der Waals surface area contributed by atoms with Crippen molar-refractivity contribution in [3.63, 3.8) is 0 Å². The van der Waals surface area contributed by atoms with Crippen molar-refractivity contribution in [2.75, 3.05) is 6.61 Å². The molecule has 0 spiro atoms. The van der Waals surface area contributed by atoms with Gasteiger partial charge in [-0.3, -0.25) is 4.79 Å². The molecule has 0 aromatic heterocycles. The standard InChI is InChI=1S/C54H89NO15Si/c1-16-20-21-22-34-27-35(29-53(11,12)71(14,15)63)40(37-26-32(7)23-24-36(37)31(5)6)38(28-34)66-51(62)64-30-39-42(57)45(41(55-33(8)56)49(65-39)70-52(9,10)25-17-2)67-50-44(59)43(58)46(47(68-50)48(60)61)69-54(13,18-3)19-4/h26-28,36-37,39,41-47,49-50,57-59,63H,5,16-25,29-30H2,1-4,6-15H3,(H,55,56)(H,60,61)/t36-,37+,39?,41?,42?,43?,44?,45?,46?,47?,49?,50?/m0/s1. The van der Waals surface area contributed by atoms with Gasteiger partial charge >= 0.3 is 12.1 Å². The Labute approximate surface area is 424 Å². The highest BCUT2D eigenvalue weighted by Gasteiger charge is 2.55. The number of carboxylic acid groups (broad SMARTS) is 1. The van der Waals surface area contributed by atoms with Crippen molar-refractivity contribution in [1.82, 2.24) is 5.32 Å². The van der Waals surface area contributed by atoms with Gasteiger partial charge in [-0.15, -0.1) is 0 Å². The van der Waals surface area contributed by atoms with Gasteiger partial charge in [-0.1, -0.05) is 90.7 Å². The first kappa shape index (κ1) is 60.3. The van der Waals surface area contributed by atoms with Crippen LogP contribution in [0.25, 0.3) is 0 Å². The third-order valence-electron chi connectivity index (χ3n) is 15.2. The van der Waals surface area contributed by atoms with Crippen LogP contribution in [0.3, 0.4) is 0 Å². The van der Waals surface area contributed by atoms with Crippen molar-refractivity contribution in [1.29, 1.82) is 0 Å². The Balaban J connectivity index is 1.77. The number of aliphatic hydroxyl groups excluding tert-OH is 3. The molecule has 3 aliphatic rings. The number of ether oxygens (including phenoxy) is 7. The van der Waals surface area contributed by atoms with Crippen molar-refractivity contribution < 1.29 is 72.8 Å². The number of aliphatic hydroxyl groups is 3. The summed E-state index contributed by atoms with van der Waals surface area (Å²) in [6.07, 6.45) is -5.63. The minimum Gasteiger partial charge on any atom is -0.479 e. The lowest BCUT2D eigenvalue weighted by Gasteiger charge is -2.49. The van der Waals surface area contributed by atoms with E-state index in [4.69, 9.17) is 33.2 Å². The smallest absolute Gasteiger partial charge is 0.479 e. The number of rotatable bonds is 24. The number of amides is 1. The van der Waals surface area contributed by atoms with E-state index in [9.17, 15) is 39.6 Å². The number of carbonyl (C=O) groups is 3. The Morgan fingerprint density at radius 1 is 0.887 bits per heavy atom. The summed E-state index contributed by atoms with van der Waals surface area (Å²) < 4.78 is 43.2.